The summed E-state index contributed by atoms with van der Waals surface area (Å²) in [6.45, 7) is 3.96. The Bertz CT molecular complexity index is 1110. The third kappa shape index (κ3) is 4.82. The number of rotatable bonds is 7. The molecule has 4 rings (SSSR count). The van der Waals surface area contributed by atoms with Crippen molar-refractivity contribution in [3.63, 3.8) is 0 Å². The predicted octanol–water partition coefficient (Wildman–Crippen LogP) is 6.16. The van der Waals surface area contributed by atoms with E-state index in [1.807, 2.05) is 12.1 Å². The third-order valence-corrected chi connectivity index (χ3v) is 5.02. The maximum absolute atomic E-state index is 13.1. The lowest BCUT2D eigenvalue weighted by molar-refractivity contribution is 0.302. The van der Waals surface area contributed by atoms with Gasteiger partial charge >= 0.3 is 0 Å². The fourth-order valence-electron chi connectivity index (χ4n) is 3.53. The van der Waals surface area contributed by atoms with E-state index in [0.29, 0.717) is 19.7 Å². The van der Waals surface area contributed by atoms with E-state index in [2.05, 4.69) is 60.8 Å². The second-order valence-electron chi connectivity index (χ2n) is 7.27. The topological polar surface area (TPSA) is 21.3 Å². The Kier molecular flexibility index (Phi) is 5.87. The first-order chi connectivity index (χ1) is 14.2. The number of hydrogen-bond donors (Lipinski definition) is 1. The molecule has 0 saturated heterocycles. The molecule has 0 radical (unpaired) electrons. The van der Waals surface area contributed by atoms with Crippen molar-refractivity contribution in [1.82, 2.24) is 5.32 Å². The molecule has 0 aliphatic heterocycles. The standard InChI is InChI=1S/C26H24FNO/c1-19-5-4-6-21(15-19)18-29-26-14-11-22-7-2-3-8-24(22)25(26)17-28-16-20-9-12-23(27)13-10-20/h2-15,28H,16-18H2,1H3. The molecular formula is C26H24FNO. The van der Waals surface area contributed by atoms with Gasteiger partial charge < -0.3 is 10.1 Å². The summed E-state index contributed by atoms with van der Waals surface area (Å²) in [7, 11) is 0. The summed E-state index contributed by atoms with van der Waals surface area (Å²) in [6.07, 6.45) is 0. The summed E-state index contributed by atoms with van der Waals surface area (Å²) in [5, 5.41) is 5.85. The number of ether oxygens (including phenoxy) is 1. The lowest BCUT2D eigenvalue weighted by atomic mass is 10.0. The lowest BCUT2D eigenvalue weighted by Gasteiger charge is -2.15. The Labute approximate surface area is 171 Å². The van der Waals surface area contributed by atoms with Crippen LogP contribution in [0, 0.1) is 12.7 Å². The molecule has 2 nitrogen and oxygen atoms in total. The number of benzene rings is 4. The summed E-state index contributed by atoms with van der Waals surface area (Å²) in [5.41, 5.74) is 4.57. The number of nitrogens with one attached hydrogen (secondary N) is 1. The minimum Gasteiger partial charge on any atom is -0.489 e. The largest absolute Gasteiger partial charge is 0.489 e. The van der Waals surface area contributed by atoms with Crippen LogP contribution in [0.1, 0.15) is 22.3 Å². The van der Waals surface area contributed by atoms with Crippen LogP contribution in [0.5, 0.6) is 5.75 Å². The van der Waals surface area contributed by atoms with Crippen LogP contribution < -0.4 is 10.1 Å². The van der Waals surface area contributed by atoms with Gasteiger partial charge in [0.15, 0.2) is 0 Å². The van der Waals surface area contributed by atoms with Gasteiger partial charge in [-0.25, -0.2) is 4.39 Å². The van der Waals surface area contributed by atoms with Crippen molar-refractivity contribution in [1.29, 1.82) is 0 Å². The quantitative estimate of drug-likeness (QED) is 0.412. The minimum atomic E-state index is -0.213. The van der Waals surface area contributed by atoms with Crippen LogP contribution in [-0.2, 0) is 19.7 Å². The highest BCUT2D eigenvalue weighted by Crippen LogP contribution is 2.29. The highest BCUT2D eigenvalue weighted by Gasteiger charge is 2.09. The molecule has 0 atom stereocenters. The number of fused-ring (bicyclic) bond motifs is 1. The monoisotopic (exact) mass is 385 g/mol. The van der Waals surface area contributed by atoms with E-state index < -0.39 is 0 Å². The summed E-state index contributed by atoms with van der Waals surface area (Å²) >= 11 is 0. The van der Waals surface area contributed by atoms with Crippen molar-refractivity contribution in [3.8, 4) is 5.75 Å². The zero-order valence-corrected chi connectivity index (χ0v) is 16.5. The zero-order valence-electron chi connectivity index (χ0n) is 16.5. The van der Waals surface area contributed by atoms with Crippen LogP contribution in [-0.4, -0.2) is 0 Å². The van der Waals surface area contributed by atoms with E-state index in [9.17, 15) is 4.39 Å². The normalized spacial score (nSPS) is 11.0. The van der Waals surface area contributed by atoms with Crippen LogP contribution in [0.2, 0.25) is 0 Å². The zero-order chi connectivity index (χ0) is 20.1. The molecule has 0 bridgehead atoms. The molecule has 0 unspecified atom stereocenters. The number of halogens is 1. The Morgan fingerprint density at radius 2 is 1.62 bits per heavy atom. The lowest BCUT2D eigenvalue weighted by Crippen LogP contribution is -2.14. The molecule has 146 valence electrons. The van der Waals surface area contributed by atoms with E-state index in [0.717, 1.165) is 22.4 Å². The molecule has 0 fully saturated rings. The van der Waals surface area contributed by atoms with E-state index in [-0.39, 0.29) is 5.82 Å². The Hall–Kier alpha value is -3.17. The molecule has 4 aromatic carbocycles. The average Bonchev–Trinajstić information content (AvgIpc) is 2.74. The van der Waals surface area contributed by atoms with E-state index in [4.69, 9.17) is 4.74 Å². The summed E-state index contributed by atoms with van der Waals surface area (Å²) in [5.74, 6) is 0.673. The van der Waals surface area contributed by atoms with Crippen LogP contribution >= 0.6 is 0 Å². The van der Waals surface area contributed by atoms with Gasteiger partial charge in [-0.3, -0.25) is 0 Å². The van der Waals surface area contributed by atoms with Crippen molar-refractivity contribution >= 4 is 10.8 Å². The molecule has 29 heavy (non-hydrogen) atoms. The predicted molar refractivity (Wildman–Crippen MR) is 116 cm³/mol. The maximum atomic E-state index is 13.1. The van der Waals surface area contributed by atoms with Gasteiger partial charge in [0, 0.05) is 18.7 Å². The van der Waals surface area contributed by atoms with Gasteiger partial charge in [0.25, 0.3) is 0 Å². The molecule has 0 aliphatic carbocycles. The van der Waals surface area contributed by atoms with Gasteiger partial charge in [-0.15, -0.1) is 0 Å². The van der Waals surface area contributed by atoms with Crippen molar-refractivity contribution in [2.45, 2.75) is 26.6 Å². The molecule has 0 amide bonds. The number of aryl methyl sites for hydroxylation is 1. The summed E-state index contributed by atoms with van der Waals surface area (Å²) in [6, 6.07) is 27.5. The number of hydrogen-bond acceptors (Lipinski definition) is 2. The van der Waals surface area contributed by atoms with E-state index in [1.54, 1.807) is 12.1 Å². The highest BCUT2D eigenvalue weighted by molar-refractivity contribution is 5.87. The van der Waals surface area contributed by atoms with E-state index in [1.165, 1.54) is 28.5 Å². The Morgan fingerprint density at radius 1 is 0.793 bits per heavy atom. The smallest absolute Gasteiger partial charge is 0.124 e. The van der Waals surface area contributed by atoms with Gasteiger partial charge in [0.05, 0.1) is 0 Å². The SMILES string of the molecule is Cc1cccc(COc2ccc3ccccc3c2CNCc2ccc(F)cc2)c1. The second kappa shape index (κ2) is 8.89. The van der Waals surface area contributed by atoms with Crippen molar-refractivity contribution in [2.75, 3.05) is 0 Å². The molecule has 3 heteroatoms. The van der Waals surface area contributed by atoms with Gasteiger partial charge in [0.2, 0.25) is 0 Å². The maximum Gasteiger partial charge on any atom is 0.124 e. The molecule has 4 aromatic rings. The molecular weight excluding hydrogens is 361 g/mol. The fourth-order valence-corrected chi connectivity index (χ4v) is 3.53. The average molecular weight is 385 g/mol. The fraction of sp³-hybridized carbons (Fsp3) is 0.154. The van der Waals surface area contributed by atoms with Gasteiger partial charge in [-0.1, -0.05) is 72.3 Å². The van der Waals surface area contributed by atoms with Gasteiger partial charge in [-0.05, 0) is 47.0 Å². The Morgan fingerprint density at radius 3 is 2.45 bits per heavy atom. The minimum absolute atomic E-state index is 0.213. The first-order valence-corrected chi connectivity index (χ1v) is 9.83. The third-order valence-electron chi connectivity index (χ3n) is 5.02. The molecule has 1 N–H and O–H groups in total. The summed E-state index contributed by atoms with van der Waals surface area (Å²) < 4.78 is 19.3. The summed E-state index contributed by atoms with van der Waals surface area (Å²) in [4.78, 5) is 0. The highest BCUT2D eigenvalue weighted by atomic mass is 19.1. The van der Waals surface area contributed by atoms with Crippen LogP contribution in [0.25, 0.3) is 10.8 Å². The van der Waals surface area contributed by atoms with Gasteiger partial charge in [-0.2, -0.15) is 0 Å². The molecule has 0 heterocycles. The first-order valence-electron chi connectivity index (χ1n) is 9.83. The van der Waals surface area contributed by atoms with Crippen molar-refractivity contribution in [2.24, 2.45) is 0 Å². The van der Waals surface area contributed by atoms with Gasteiger partial charge in [0.1, 0.15) is 18.2 Å². The van der Waals surface area contributed by atoms with Crippen molar-refractivity contribution < 1.29 is 9.13 Å². The molecule has 0 spiro atoms. The first kappa shape index (κ1) is 19.2. The van der Waals surface area contributed by atoms with Crippen molar-refractivity contribution in [3.05, 3.63) is 113 Å². The van der Waals surface area contributed by atoms with Crippen LogP contribution in [0.4, 0.5) is 4.39 Å². The molecule has 0 aromatic heterocycles. The van der Waals surface area contributed by atoms with E-state index >= 15 is 0 Å². The Balaban J connectivity index is 1.54. The second-order valence-corrected chi connectivity index (χ2v) is 7.27. The van der Waals surface area contributed by atoms with Crippen LogP contribution in [0.3, 0.4) is 0 Å². The van der Waals surface area contributed by atoms with Crippen LogP contribution in [0.15, 0.2) is 84.9 Å². The molecule has 0 saturated carbocycles. The molecule has 0 aliphatic rings.